The Kier molecular flexibility index (Phi) is 4.74. The molecule has 0 aromatic carbocycles. The molecular weight excluding hydrogens is 286 g/mol. The molecule has 2 bridgehead atoms. The summed E-state index contributed by atoms with van der Waals surface area (Å²) in [4.78, 5) is 1.45. The van der Waals surface area contributed by atoms with Gasteiger partial charge in [0, 0.05) is 10.9 Å². The lowest BCUT2D eigenvalue weighted by Gasteiger charge is -2.27. The predicted octanol–water partition coefficient (Wildman–Crippen LogP) is 5.58. The monoisotopic (exact) mass is 311 g/mol. The Hall–Kier alpha value is -0.0500. The number of rotatable bonds is 6. The molecule has 0 radical (unpaired) electrons. The van der Waals surface area contributed by atoms with Crippen LogP contribution in [0.25, 0.3) is 0 Å². The SMILES string of the molecule is CCCNC(CC1CC2CCC1C2)c1cc(C)c(Cl)s1. The highest BCUT2D eigenvalue weighted by atomic mass is 35.5. The smallest absolute Gasteiger partial charge is 0.0960 e. The van der Waals surface area contributed by atoms with Gasteiger partial charge in [0.2, 0.25) is 0 Å². The number of hydrogen-bond donors (Lipinski definition) is 1. The van der Waals surface area contributed by atoms with Gasteiger partial charge in [-0.3, -0.25) is 0 Å². The molecule has 0 amide bonds. The van der Waals surface area contributed by atoms with Crippen molar-refractivity contribution in [2.75, 3.05) is 6.54 Å². The van der Waals surface area contributed by atoms with Crippen LogP contribution in [0.1, 0.15) is 61.9 Å². The van der Waals surface area contributed by atoms with Crippen molar-refractivity contribution in [2.45, 2.75) is 58.4 Å². The first-order chi connectivity index (χ1) is 9.67. The minimum absolute atomic E-state index is 0.524. The largest absolute Gasteiger partial charge is 0.309 e. The van der Waals surface area contributed by atoms with Gasteiger partial charge in [-0.1, -0.05) is 24.9 Å². The Morgan fingerprint density at radius 2 is 2.25 bits per heavy atom. The summed E-state index contributed by atoms with van der Waals surface area (Å²) in [6.07, 6.45) is 8.49. The summed E-state index contributed by atoms with van der Waals surface area (Å²) in [5.41, 5.74) is 1.24. The first-order valence-electron chi connectivity index (χ1n) is 8.16. The van der Waals surface area contributed by atoms with Crippen molar-refractivity contribution in [3.8, 4) is 0 Å². The van der Waals surface area contributed by atoms with Gasteiger partial charge in [-0.25, -0.2) is 0 Å². The molecule has 1 aromatic rings. The van der Waals surface area contributed by atoms with Crippen LogP contribution in [-0.2, 0) is 0 Å². The van der Waals surface area contributed by atoms with E-state index in [4.69, 9.17) is 11.6 Å². The van der Waals surface area contributed by atoms with Gasteiger partial charge < -0.3 is 5.32 Å². The van der Waals surface area contributed by atoms with Crippen molar-refractivity contribution in [3.05, 3.63) is 20.8 Å². The Morgan fingerprint density at radius 1 is 1.40 bits per heavy atom. The van der Waals surface area contributed by atoms with Crippen LogP contribution in [0.2, 0.25) is 4.34 Å². The van der Waals surface area contributed by atoms with Gasteiger partial charge in [-0.2, -0.15) is 0 Å². The molecule has 2 saturated carbocycles. The minimum Gasteiger partial charge on any atom is -0.309 e. The number of thiophene rings is 1. The summed E-state index contributed by atoms with van der Waals surface area (Å²) in [5, 5.41) is 3.76. The van der Waals surface area contributed by atoms with Gasteiger partial charge in [-0.15, -0.1) is 11.3 Å². The molecule has 112 valence electrons. The van der Waals surface area contributed by atoms with E-state index in [2.05, 4.69) is 25.2 Å². The van der Waals surface area contributed by atoms with E-state index in [1.54, 1.807) is 11.3 Å². The Labute approximate surface area is 132 Å². The zero-order valence-corrected chi connectivity index (χ0v) is 14.2. The number of halogens is 1. The highest BCUT2D eigenvalue weighted by Gasteiger charge is 2.40. The molecule has 20 heavy (non-hydrogen) atoms. The average molecular weight is 312 g/mol. The Bertz CT molecular complexity index is 436. The number of aryl methyl sites for hydroxylation is 1. The van der Waals surface area contributed by atoms with Crippen molar-refractivity contribution in [1.82, 2.24) is 5.32 Å². The lowest BCUT2D eigenvalue weighted by atomic mass is 9.84. The normalized spacial score (nSPS) is 30.1. The molecule has 1 N–H and O–H groups in total. The predicted molar refractivity (Wildman–Crippen MR) is 88.7 cm³/mol. The van der Waals surface area contributed by atoms with Crippen LogP contribution in [0.3, 0.4) is 0 Å². The Balaban J connectivity index is 1.69. The third-order valence-corrected chi connectivity index (χ3v) is 6.95. The fraction of sp³-hybridized carbons (Fsp3) is 0.765. The summed E-state index contributed by atoms with van der Waals surface area (Å²) in [7, 11) is 0. The van der Waals surface area contributed by atoms with E-state index in [0.717, 1.165) is 28.6 Å². The van der Waals surface area contributed by atoms with Gasteiger partial charge in [0.25, 0.3) is 0 Å². The van der Waals surface area contributed by atoms with Crippen LogP contribution in [-0.4, -0.2) is 6.54 Å². The van der Waals surface area contributed by atoms with Crippen LogP contribution >= 0.6 is 22.9 Å². The van der Waals surface area contributed by atoms with E-state index in [-0.39, 0.29) is 0 Å². The van der Waals surface area contributed by atoms with Crippen LogP contribution in [0.5, 0.6) is 0 Å². The molecule has 4 atom stereocenters. The summed E-state index contributed by atoms with van der Waals surface area (Å²) >= 11 is 8.06. The van der Waals surface area contributed by atoms with Crippen molar-refractivity contribution in [3.63, 3.8) is 0 Å². The summed E-state index contributed by atoms with van der Waals surface area (Å²) in [5.74, 6) is 3.01. The first kappa shape index (κ1) is 14.9. The van der Waals surface area contributed by atoms with Gasteiger partial charge in [0.1, 0.15) is 0 Å². The molecule has 1 nitrogen and oxygen atoms in total. The molecule has 2 fully saturated rings. The lowest BCUT2D eigenvalue weighted by Crippen LogP contribution is -2.25. The van der Waals surface area contributed by atoms with E-state index in [0.29, 0.717) is 6.04 Å². The van der Waals surface area contributed by atoms with Crippen LogP contribution < -0.4 is 5.32 Å². The standard InChI is InChI=1S/C17H26ClNS/c1-3-6-19-15(16-7-11(2)17(18)20-16)10-14-9-12-4-5-13(14)8-12/h7,12-15,19H,3-6,8-10H2,1-2H3. The maximum atomic E-state index is 6.28. The fourth-order valence-corrected chi connectivity index (χ4v) is 5.55. The molecule has 3 heteroatoms. The molecule has 1 aromatic heterocycles. The van der Waals surface area contributed by atoms with E-state index in [1.165, 1.54) is 49.0 Å². The highest BCUT2D eigenvalue weighted by molar-refractivity contribution is 7.16. The first-order valence-corrected chi connectivity index (χ1v) is 9.36. The molecule has 2 aliphatic rings. The minimum atomic E-state index is 0.524. The molecule has 4 unspecified atom stereocenters. The van der Waals surface area contributed by atoms with E-state index in [1.807, 2.05) is 0 Å². The number of nitrogens with one attached hydrogen (secondary N) is 1. The van der Waals surface area contributed by atoms with E-state index in [9.17, 15) is 0 Å². The molecule has 2 aliphatic carbocycles. The molecule has 0 aliphatic heterocycles. The van der Waals surface area contributed by atoms with Crippen molar-refractivity contribution < 1.29 is 0 Å². The maximum Gasteiger partial charge on any atom is 0.0960 e. The quantitative estimate of drug-likeness (QED) is 0.723. The summed E-state index contributed by atoms with van der Waals surface area (Å²) in [6, 6.07) is 2.82. The molecule has 1 heterocycles. The second-order valence-corrected chi connectivity index (χ2v) is 8.47. The number of hydrogen-bond acceptors (Lipinski definition) is 2. The van der Waals surface area contributed by atoms with Crippen molar-refractivity contribution >= 4 is 22.9 Å². The van der Waals surface area contributed by atoms with Crippen LogP contribution in [0.15, 0.2) is 6.07 Å². The van der Waals surface area contributed by atoms with Crippen LogP contribution in [0, 0.1) is 24.7 Å². The van der Waals surface area contributed by atoms with Gasteiger partial charge in [0.05, 0.1) is 4.34 Å². The van der Waals surface area contributed by atoms with Gasteiger partial charge in [-0.05, 0) is 75.0 Å². The molecule has 3 rings (SSSR count). The third kappa shape index (κ3) is 3.08. The van der Waals surface area contributed by atoms with Crippen molar-refractivity contribution in [1.29, 1.82) is 0 Å². The van der Waals surface area contributed by atoms with Crippen molar-refractivity contribution in [2.24, 2.45) is 17.8 Å². The molecule has 0 saturated heterocycles. The maximum absolute atomic E-state index is 6.28. The van der Waals surface area contributed by atoms with E-state index >= 15 is 0 Å². The van der Waals surface area contributed by atoms with E-state index < -0.39 is 0 Å². The van der Waals surface area contributed by atoms with Crippen LogP contribution in [0.4, 0.5) is 0 Å². The zero-order chi connectivity index (χ0) is 14.1. The molecule has 0 spiro atoms. The van der Waals surface area contributed by atoms with Gasteiger partial charge in [0.15, 0.2) is 0 Å². The zero-order valence-electron chi connectivity index (χ0n) is 12.6. The average Bonchev–Trinajstić information content (AvgIpc) is 3.11. The van der Waals surface area contributed by atoms with Gasteiger partial charge >= 0.3 is 0 Å². The molecular formula is C17H26ClNS. The fourth-order valence-electron chi connectivity index (χ4n) is 4.24. The lowest BCUT2D eigenvalue weighted by molar-refractivity contribution is 0.280. The highest BCUT2D eigenvalue weighted by Crippen LogP contribution is 2.51. The number of fused-ring (bicyclic) bond motifs is 2. The second kappa shape index (κ2) is 6.37. The summed E-state index contributed by atoms with van der Waals surface area (Å²) < 4.78 is 0.969. The third-order valence-electron chi connectivity index (χ3n) is 5.28. The second-order valence-electron chi connectivity index (χ2n) is 6.78. The Morgan fingerprint density at radius 3 is 2.80 bits per heavy atom. The topological polar surface area (TPSA) is 12.0 Å². The summed E-state index contributed by atoms with van der Waals surface area (Å²) in [6.45, 7) is 5.48.